The number of aryl methyl sites for hydroxylation is 1. The summed E-state index contributed by atoms with van der Waals surface area (Å²) in [5, 5.41) is 7.89. The van der Waals surface area contributed by atoms with E-state index in [-0.39, 0.29) is 0 Å². The van der Waals surface area contributed by atoms with Crippen LogP contribution in [0.25, 0.3) is 0 Å². The van der Waals surface area contributed by atoms with Crippen molar-refractivity contribution in [2.75, 3.05) is 12.3 Å². The van der Waals surface area contributed by atoms with Crippen LogP contribution in [-0.2, 0) is 12.8 Å². The molecule has 1 aromatic carbocycles. The van der Waals surface area contributed by atoms with Crippen LogP contribution in [0.3, 0.4) is 0 Å². The Kier molecular flexibility index (Phi) is 4.09. The summed E-state index contributed by atoms with van der Waals surface area (Å²) in [5.41, 5.74) is 6.70. The minimum absolute atomic E-state index is 0.650. The minimum atomic E-state index is 0.650. The molecule has 0 atom stereocenters. The Hall–Kier alpha value is -1.69. The first-order chi connectivity index (χ1) is 8.70. The van der Waals surface area contributed by atoms with Crippen molar-refractivity contribution in [3.05, 3.63) is 30.4 Å². The second kappa shape index (κ2) is 5.77. The quantitative estimate of drug-likeness (QED) is 0.661. The molecule has 0 radical (unpaired) electrons. The summed E-state index contributed by atoms with van der Waals surface area (Å²) in [7, 11) is 1.93. The number of aromatic nitrogens is 3. The molecule has 18 heavy (non-hydrogen) atoms. The summed E-state index contributed by atoms with van der Waals surface area (Å²) in [6, 6.07) is 5.70. The SMILES string of the molecule is CCOc1ccc(N)c(SCc2nncn2C)c1. The number of nitrogens with zero attached hydrogens (tertiary/aromatic N) is 3. The molecule has 0 saturated carbocycles. The Morgan fingerprint density at radius 3 is 2.94 bits per heavy atom. The molecule has 96 valence electrons. The molecule has 5 nitrogen and oxygen atoms in total. The molecule has 0 aliphatic heterocycles. The first kappa shape index (κ1) is 12.8. The van der Waals surface area contributed by atoms with Crippen LogP contribution in [0.5, 0.6) is 5.75 Å². The number of nitrogens with two attached hydrogens (primary N) is 1. The third-order valence-electron chi connectivity index (χ3n) is 2.46. The van der Waals surface area contributed by atoms with Crippen molar-refractivity contribution in [2.45, 2.75) is 17.6 Å². The van der Waals surface area contributed by atoms with E-state index in [1.807, 2.05) is 36.7 Å². The van der Waals surface area contributed by atoms with Crippen molar-refractivity contribution in [3.8, 4) is 5.75 Å². The summed E-state index contributed by atoms with van der Waals surface area (Å²) < 4.78 is 7.36. The van der Waals surface area contributed by atoms with E-state index in [2.05, 4.69) is 10.2 Å². The fourth-order valence-corrected chi connectivity index (χ4v) is 2.46. The highest BCUT2D eigenvalue weighted by Gasteiger charge is 2.06. The molecule has 0 saturated heterocycles. The molecular formula is C12H16N4OS. The monoisotopic (exact) mass is 264 g/mol. The largest absolute Gasteiger partial charge is 0.494 e. The summed E-state index contributed by atoms with van der Waals surface area (Å²) >= 11 is 1.63. The van der Waals surface area contributed by atoms with E-state index in [9.17, 15) is 0 Å². The molecule has 2 N–H and O–H groups in total. The van der Waals surface area contributed by atoms with Gasteiger partial charge in [-0.2, -0.15) is 0 Å². The summed E-state index contributed by atoms with van der Waals surface area (Å²) in [6.07, 6.45) is 1.69. The van der Waals surface area contributed by atoms with Crippen molar-refractivity contribution in [3.63, 3.8) is 0 Å². The maximum atomic E-state index is 5.94. The maximum absolute atomic E-state index is 5.94. The lowest BCUT2D eigenvalue weighted by Crippen LogP contribution is -1.97. The Morgan fingerprint density at radius 2 is 2.28 bits per heavy atom. The number of hydrogen-bond acceptors (Lipinski definition) is 5. The van der Waals surface area contributed by atoms with Gasteiger partial charge in [0.25, 0.3) is 0 Å². The van der Waals surface area contributed by atoms with Gasteiger partial charge < -0.3 is 15.0 Å². The van der Waals surface area contributed by atoms with Gasteiger partial charge in [0.2, 0.25) is 0 Å². The van der Waals surface area contributed by atoms with Gasteiger partial charge in [-0.05, 0) is 25.1 Å². The molecule has 1 heterocycles. The van der Waals surface area contributed by atoms with Crippen LogP contribution >= 0.6 is 11.8 Å². The van der Waals surface area contributed by atoms with Crippen LogP contribution in [0, 0.1) is 0 Å². The average molecular weight is 264 g/mol. The van der Waals surface area contributed by atoms with Gasteiger partial charge in [0.05, 0.1) is 12.4 Å². The Bertz CT molecular complexity index is 527. The smallest absolute Gasteiger partial charge is 0.142 e. The van der Waals surface area contributed by atoms with Crippen molar-refractivity contribution < 1.29 is 4.74 Å². The highest BCUT2D eigenvalue weighted by molar-refractivity contribution is 7.98. The van der Waals surface area contributed by atoms with E-state index >= 15 is 0 Å². The number of anilines is 1. The standard InChI is InChI=1S/C12H16N4OS/c1-3-17-9-4-5-10(13)11(6-9)18-7-12-15-14-8-16(12)2/h4-6,8H,3,7,13H2,1-2H3. The number of ether oxygens (including phenoxy) is 1. The van der Waals surface area contributed by atoms with Crippen LogP contribution in [0.2, 0.25) is 0 Å². The van der Waals surface area contributed by atoms with Gasteiger partial charge in [-0.1, -0.05) is 0 Å². The van der Waals surface area contributed by atoms with Gasteiger partial charge in [-0.3, -0.25) is 0 Å². The zero-order valence-corrected chi connectivity index (χ0v) is 11.3. The molecule has 0 spiro atoms. The lowest BCUT2D eigenvalue weighted by atomic mass is 10.3. The predicted molar refractivity (Wildman–Crippen MR) is 72.6 cm³/mol. The zero-order valence-electron chi connectivity index (χ0n) is 10.5. The highest BCUT2D eigenvalue weighted by Crippen LogP contribution is 2.31. The van der Waals surface area contributed by atoms with Crippen molar-refractivity contribution in [2.24, 2.45) is 7.05 Å². The molecule has 6 heteroatoms. The summed E-state index contributed by atoms with van der Waals surface area (Å²) in [4.78, 5) is 1.00. The molecule has 0 aliphatic rings. The van der Waals surface area contributed by atoms with E-state index in [1.165, 1.54) is 0 Å². The minimum Gasteiger partial charge on any atom is -0.494 e. The topological polar surface area (TPSA) is 66.0 Å². The van der Waals surface area contributed by atoms with Gasteiger partial charge in [0.15, 0.2) is 0 Å². The fourth-order valence-electron chi connectivity index (χ4n) is 1.48. The Morgan fingerprint density at radius 1 is 1.44 bits per heavy atom. The average Bonchev–Trinajstić information content (AvgIpc) is 2.76. The van der Waals surface area contributed by atoms with Crippen LogP contribution in [-0.4, -0.2) is 21.4 Å². The Balaban J connectivity index is 2.08. The molecule has 0 fully saturated rings. The predicted octanol–water partition coefficient (Wildman–Crippen LogP) is 2.09. The molecule has 0 aliphatic carbocycles. The van der Waals surface area contributed by atoms with Crippen LogP contribution in [0.1, 0.15) is 12.7 Å². The maximum Gasteiger partial charge on any atom is 0.142 e. The van der Waals surface area contributed by atoms with E-state index in [1.54, 1.807) is 18.1 Å². The second-order valence-corrected chi connectivity index (χ2v) is 4.80. The highest BCUT2D eigenvalue weighted by atomic mass is 32.2. The van der Waals surface area contributed by atoms with E-state index in [0.717, 1.165) is 27.9 Å². The van der Waals surface area contributed by atoms with Crippen LogP contribution < -0.4 is 10.5 Å². The second-order valence-electron chi connectivity index (χ2n) is 3.78. The molecule has 2 aromatic rings. The third kappa shape index (κ3) is 2.95. The number of rotatable bonds is 5. The number of benzene rings is 1. The van der Waals surface area contributed by atoms with Gasteiger partial charge >= 0.3 is 0 Å². The molecule has 0 unspecified atom stereocenters. The first-order valence-electron chi connectivity index (χ1n) is 5.68. The summed E-state index contributed by atoms with van der Waals surface area (Å²) in [5.74, 6) is 2.49. The van der Waals surface area contributed by atoms with Crippen LogP contribution in [0.15, 0.2) is 29.4 Å². The molecular weight excluding hydrogens is 248 g/mol. The van der Waals surface area contributed by atoms with Gasteiger partial charge in [-0.15, -0.1) is 22.0 Å². The molecule has 0 bridgehead atoms. The number of nitrogen functional groups attached to an aromatic ring is 1. The zero-order chi connectivity index (χ0) is 13.0. The molecule has 0 amide bonds. The number of thioether (sulfide) groups is 1. The fraction of sp³-hybridized carbons (Fsp3) is 0.333. The first-order valence-corrected chi connectivity index (χ1v) is 6.67. The van der Waals surface area contributed by atoms with Crippen molar-refractivity contribution >= 4 is 17.4 Å². The van der Waals surface area contributed by atoms with Gasteiger partial charge in [0.1, 0.15) is 17.9 Å². The van der Waals surface area contributed by atoms with Crippen molar-refractivity contribution in [1.82, 2.24) is 14.8 Å². The van der Waals surface area contributed by atoms with Gasteiger partial charge in [0, 0.05) is 17.6 Å². The van der Waals surface area contributed by atoms with Crippen molar-refractivity contribution in [1.29, 1.82) is 0 Å². The van der Waals surface area contributed by atoms with Crippen LogP contribution in [0.4, 0.5) is 5.69 Å². The molecule has 2 rings (SSSR count). The summed E-state index contributed by atoms with van der Waals surface area (Å²) in [6.45, 7) is 2.61. The lowest BCUT2D eigenvalue weighted by molar-refractivity contribution is 0.339. The normalized spacial score (nSPS) is 10.6. The van der Waals surface area contributed by atoms with E-state index < -0.39 is 0 Å². The van der Waals surface area contributed by atoms with Gasteiger partial charge in [-0.25, -0.2) is 0 Å². The Labute approximate surface area is 110 Å². The molecule has 1 aromatic heterocycles. The number of hydrogen-bond donors (Lipinski definition) is 1. The van der Waals surface area contributed by atoms with E-state index in [0.29, 0.717) is 6.61 Å². The lowest BCUT2D eigenvalue weighted by Gasteiger charge is -2.08. The van der Waals surface area contributed by atoms with E-state index in [4.69, 9.17) is 10.5 Å². The third-order valence-corrected chi connectivity index (χ3v) is 3.53.